The number of nitrogens with two attached hydrogens (primary N) is 1. The number of hydrogen-bond acceptors (Lipinski definition) is 3. The largest absolute Gasteiger partial charge is 0.494 e. The van der Waals surface area contributed by atoms with Gasteiger partial charge in [0, 0.05) is 6.07 Å². The van der Waals surface area contributed by atoms with Crippen LogP contribution in [0.4, 0.5) is 8.78 Å². The Morgan fingerprint density at radius 3 is 2.52 bits per heavy atom. The van der Waals surface area contributed by atoms with Crippen LogP contribution < -0.4 is 15.2 Å². The molecule has 0 spiro atoms. The van der Waals surface area contributed by atoms with Gasteiger partial charge >= 0.3 is 0 Å². The highest BCUT2D eigenvalue weighted by Crippen LogP contribution is 2.23. The predicted octanol–water partition coefficient (Wildman–Crippen LogP) is 3.36. The zero-order valence-electron chi connectivity index (χ0n) is 11.9. The van der Waals surface area contributed by atoms with Gasteiger partial charge in [-0.2, -0.15) is 0 Å². The summed E-state index contributed by atoms with van der Waals surface area (Å²) in [6, 6.07) is 8.27. The van der Waals surface area contributed by atoms with Crippen molar-refractivity contribution in [3.8, 4) is 11.5 Å². The molecule has 0 amide bonds. The SMILES string of the molecule is COc1ccc(C(N)COc2cc(F)ccc2C)cc1F. The number of aryl methyl sites for hydroxylation is 1. The van der Waals surface area contributed by atoms with Crippen molar-refractivity contribution in [2.45, 2.75) is 13.0 Å². The Balaban J connectivity index is 2.06. The van der Waals surface area contributed by atoms with Crippen LogP contribution in [-0.2, 0) is 0 Å². The quantitative estimate of drug-likeness (QED) is 0.919. The number of methoxy groups -OCH3 is 1. The van der Waals surface area contributed by atoms with Crippen molar-refractivity contribution in [1.29, 1.82) is 0 Å². The van der Waals surface area contributed by atoms with Gasteiger partial charge in [0.15, 0.2) is 11.6 Å². The van der Waals surface area contributed by atoms with E-state index in [0.717, 1.165) is 5.56 Å². The lowest BCUT2D eigenvalue weighted by Gasteiger charge is -2.15. The van der Waals surface area contributed by atoms with Crippen LogP contribution in [-0.4, -0.2) is 13.7 Å². The van der Waals surface area contributed by atoms with E-state index in [4.69, 9.17) is 15.2 Å². The monoisotopic (exact) mass is 293 g/mol. The number of benzene rings is 2. The second kappa shape index (κ2) is 6.54. The van der Waals surface area contributed by atoms with Crippen molar-refractivity contribution < 1.29 is 18.3 Å². The number of ether oxygens (including phenoxy) is 2. The van der Waals surface area contributed by atoms with Crippen LogP contribution in [0, 0.1) is 18.6 Å². The lowest BCUT2D eigenvalue weighted by molar-refractivity contribution is 0.287. The smallest absolute Gasteiger partial charge is 0.165 e. The fourth-order valence-corrected chi connectivity index (χ4v) is 1.92. The highest BCUT2D eigenvalue weighted by molar-refractivity contribution is 5.33. The van der Waals surface area contributed by atoms with E-state index in [0.29, 0.717) is 11.3 Å². The first-order valence-corrected chi connectivity index (χ1v) is 6.49. The van der Waals surface area contributed by atoms with Crippen LogP contribution in [0.5, 0.6) is 11.5 Å². The molecule has 0 aliphatic carbocycles. The third-order valence-electron chi connectivity index (χ3n) is 3.17. The molecule has 0 heterocycles. The summed E-state index contributed by atoms with van der Waals surface area (Å²) in [5.41, 5.74) is 7.36. The third kappa shape index (κ3) is 3.70. The zero-order chi connectivity index (χ0) is 15.4. The molecule has 0 radical (unpaired) electrons. The van der Waals surface area contributed by atoms with E-state index in [9.17, 15) is 8.78 Å². The number of hydrogen-bond donors (Lipinski definition) is 1. The van der Waals surface area contributed by atoms with Gasteiger partial charge in [0.2, 0.25) is 0 Å². The second-order valence-corrected chi connectivity index (χ2v) is 4.72. The average Bonchev–Trinajstić information content (AvgIpc) is 2.47. The Bertz CT molecular complexity index is 632. The zero-order valence-corrected chi connectivity index (χ0v) is 11.9. The van der Waals surface area contributed by atoms with Crippen LogP contribution in [0.25, 0.3) is 0 Å². The molecule has 112 valence electrons. The highest BCUT2D eigenvalue weighted by Gasteiger charge is 2.12. The van der Waals surface area contributed by atoms with Crippen molar-refractivity contribution in [2.75, 3.05) is 13.7 Å². The van der Waals surface area contributed by atoms with Gasteiger partial charge in [0.05, 0.1) is 13.2 Å². The predicted molar refractivity (Wildman–Crippen MR) is 76.5 cm³/mol. The van der Waals surface area contributed by atoms with E-state index in [-0.39, 0.29) is 18.2 Å². The van der Waals surface area contributed by atoms with Crippen LogP contribution in [0.2, 0.25) is 0 Å². The molecule has 3 nitrogen and oxygen atoms in total. The Labute approximate surface area is 122 Å². The van der Waals surface area contributed by atoms with Crippen molar-refractivity contribution in [1.82, 2.24) is 0 Å². The van der Waals surface area contributed by atoms with Gasteiger partial charge in [-0.05, 0) is 36.2 Å². The molecular weight excluding hydrogens is 276 g/mol. The molecule has 0 saturated heterocycles. The maximum Gasteiger partial charge on any atom is 0.165 e. The molecule has 2 N–H and O–H groups in total. The molecule has 0 fully saturated rings. The molecule has 1 atom stereocenters. The Hall–Kier alpha value is -2.14. The summed E-state index contributed by atoms with van der Waals surface area (Å²) in [6.45, 7) is 1.93. The first-order chi connectivity index (χ1) is 10.0. The standard InChI is InChI=1S/C16H17F2NO2/c1-10-3-5-12(17)8-16(10)21-9-14(19)11-4-6-15(20-2)13(18)7-11/h3-8,14H,9,19H2,1-2H3. The summed E-state index contributed by atoms with van der Waals surface area (Å²) in [6.07, 6.45) is 0. The van der Waals surface area contributed by atoms with E-state index < -0.39 is 11.9 Å². The topological polar surface area (TPSA) is 44.5 Å². The van der Waals surface area contributed by atoms with Crippen molar-refractivity contribution >= 4 is 0 Å². The van der Waals surface area contributed by atoms with E-state index in [1.807, 2.05) is 6.92 Å². The molecule has 2 aromatic rings. The fraction of sp³-hybridized carbons (Fsp3) is 0.250. The summed E-state index contributed by atoms with van der Waals surface area (Å²) >= 11 is 0. The maximum absolute atomic E-state index is 13.6. The van der Waals surface area contributed by atoms with Gasteiger partial charge in [-0.25, -0.2) is 8.78 Å². The molecule has 21 heavy (non-hydrogen) atoms. The Morgan fingerprint density at radius 1 is 1.10 bits per heavy atom. The highest BCUT2D eigenvalue weighted by atomic mass is 19.1. The normalized spacial score (nSPS) is 12.0. The molecule has 2 aromatic carbocycles. The van der Waals surface area contributed by atoms with Gasteiger partial charge in [0.25, 0.3) is 0 Å². The molecule has 2 rings (SSSR count). The van der Waals surface area contributed by atoms with Crippen LogP contribution in [0.1, 0.15) is 17.2 Å². The summed E-state index contributed by atoms with van der Waals surface area (Å²) in [4.78, 5) is 0. The number of halogens is 2. The fourth-order valence-electron chi connectivity index (χ4n) is 1.92. The molecule has 0 aliphatic heterocycles. The number of rotatable bonds is 5. The third-order valence-corrected chi connectivity index (χ3v) is 3.17. The van der Waals surface area contributed by atoms with Gasteiger partial charge in [-0.3, -0.25) is 0 Å². The van der Waals surface area contributed by atoms with Crippen LogP contribution in [0.15, 0.2) is 36.4 Å². The Kier molecular flexibility index (Phi) is 4.75. The minimum absolute atomic E-state index is 0.121. The maximum atomic E-state index is 13.6. The minimum Gasteiger partial charge on any atom is -0.494 e. The lowest BCUT2D eigenvalue weighted by Crippen LogP contribution is -2.19. The molecule has 5 heteroatoms. The van der Waals surface area contributed by atoms with E-state index in [1.54, 1.807) is 12.1 Å². The van der Waals surface area contributed by atoms with Crippen molar-refractivity contribution in [3.63, 3.8) is 0 Å². The van der Waals surface area contributed by atoms with Gasteiger partial charge in [-0.15, -0.1) is 0 Å². The minimum atomic E-state index is -0.520. The van der Waals surface area contributed by atoms with E-state index in [1.165, 1.54) is 31.4 Å². The average molecular weight is 293 g/mol. The van der Waals surface area contributed by atoms with Crippen LogP contribution in [0.3, 0.4) is 0 Å². The lowest BCUT2D eigenvalue weighted by atomic mass is 10.1. The van der Waals surface area contributed by atoms with Gasteiger partial charge in [0.1, 0.15) is 18.2 Å². The van der Waals surface area contributed by atoms with E-state index in [2.05, 4.69) is 0 Å². The summed E-state index contributed by atoms with van der Waals surface area (Å²) in [5.74, 6) is -0.265. The summed E-state index contributed by atoms with van der Waals surface area (Å²) in [5, 5.41) is 0. The van der Waals surface area contributed by atoms with E-state index >= 15 is 0 Å². The molecule has 0 saturated carbocycles. The first kappa shape index (κ1) is 15.3. The van der Waals surface area contributed by atoms with Crippen molar-refractivity contribution in [3.05, 3.63) is 59.2 Å². The van der Waals surface area contributed by atoms with Crippen molar-refractivity contribution in [2.24, 2.45) is 5.73 Å². The van der Waals surface area contributed by atoms with Gasteiger partial charge < -0.3 is 15.2 Å². The molecule has 0 bridgehead atoms. The molecule has 0 aliphatic rings. The van der Waals surface area contributed by atoms with Gasteiger partial charge in [-0.1, -0.05) is 12.1 Å². The Morgan fingerprint density at radius 2 is 1.86 bits per heavy atom. The summed E-state index contributed by atoms with van der Waals surface area (Å²) < 4.78 is 37.1. The second-order valence-electron chi connectivity index (χ2n) is 4.72. The molecule has 0 aromatic heterocycles. The first-order valence-electron chi connectivity index (χ1n) is 6.49. The summed E-state index contributed by atoms with van der Waals surface area (Å²) in [7, 11) is 1.40. The molecule has 1 unspecified atom stereocenters. The van der Waals surface area contributed by atoms with Crippen LogP contribution >= 0.6 is 0 Å². The molecular formula is C16H17F2NO2.